The van der Waals surface area contributed by atoms with Crippen molar-refractivity contribution in [3.05, 3.63) is 396 Å². The van der Waals surface area contributed by atoms with E-state index in [0.29, 0.717) is 0 Å². The quantitative estimate of drug-likeness (QED) is 0.0893. The van der Waals surface area contributed by atoms with E-state index in [1.54, 1.807) is 0 Å². The lowest BCUT2D eigenvalue weighted by atomic mass is 9.70. The maximum atomic E-state index is 2.47. The molecule has 2 aliphatic rings. The van der Waals surface area contributed by atoms with Crippen molar-refractivity contribution in [2.24, 2.45) is 0 Å². The van der Waals surface area contributed by atoms with E-state index in [0.717, 1.165) is 56.9 Å². The lowest BCUT2D eigenvalue weighted by molar-refractivity contribution is 0.793. The van der Waals surface area contributed by atoms with E-state index in [2.05, 4.69) is 399 Å². The summed E-state index contributed by atoms with van der Waals surface area (Å²) >= 11 is 0. The van der Waals surface area contributed by atoms with E-state index < -0.39 is 5.41 Å². The summed E-state index contributed by atoms with van der Waals surface area (Å²) in [4.78, 5) is 9.60. The van der Waals surface area contributed by atoms with Crippen LogP contribution in [0.5, 0.6) is 0 Å². The Morgan fingerprint density at radius 1 is 0.179 bits per heavy atom. The molecule has 95 heavy (non-hydrogen) atoms. The summed E-state index contributed by atoms with van der Waals surface area (Å²) in [7, 11) is 0. The molecule has 4 heteroatoms. The Morgan fingerprint density at radius 3 is 0.705 bits per heavy atom. The average Bonchev–Trinajstić information content (AvgIpc) is 1.52. The highest BCUT2D eigenvalue weighted by Gasteiger charge is 2.52. The van der Waals surface area contributed by atoms with Gasteiger partial charge in [0.1, 0.15) is 0 Å². The molecule has 0 saturated carbocycles. The van der Waals surface area contributed by atoms with Gasteiger partial charge in [0, 0.05) is 78.4 Å². The summed E-state index contributed by atoms with van der Waals surface area (Å²) in [5, 5.41) is 4.79. The van der Waals surface area contributed by atoms with Gasteiger partial charge in [0.15, 0.2) is 0 Å². The molecule has 0 N–H and O–H groups in total. The third kappa shape index (κ3) is 10.3. The van der Waals surface area contributed by atoms with Gasteiger partial charge in [-0.2, -0.15) is 0 Å². The van der Waals surface area contributed by atoms with Crippen molar-refractivity contribution < 1.29 is 0 Å². The van der Waals surface area contributed by atoms with Crippen LogP contribution in [0.3, 0.4) is 0 Å². The fourth-order valence-electron chi connectivity index (χ4n) is 14.8. The van der Waals surface area contributed by atoms with Gasteiger partial charge in [-0.05, 0) is 194 Å². The topological polar surface area (TPSA) is 13.0 Å². The van der Waals surface area contributed by atoms with Crippen molar-refractivity contribution in [1.29, 1.82) is 0 Å². The van der Waals surface area contributed by atoms with Gasteiger partial charge in [-0.15, -0.1) is 0 Å². The van der Waals surface area contributed by atoms with Crippen LogP contribution in [-0.2, 0) is 5.41 Å². The molecule has 0 heterocycles. The first-order valence-electron chi connectivity index (χ1n) is 32.9. The molecule has 1 spiro atoms. The van der Waals surface area contributed by atoms with Gasteiger partial charge in [-0.3, -0.25) is 0 Å². The Kier molecular flexibility index (Phi) is 15.0. The summed E-state index contributed by atoms with van der Waals surface area (Å²) in [6, 6.07) is 128. The second-order valence-electron chi connectivity index (χ2n) is 25.1. The lowest BCUT2D eigenvalue weighted by Crippen LogP contribution is -2.26. The standard InChI is InChI=1S/C51H38N2.C40H32N2/c1-35-21-25-39(26-22-35)52(37-13-5-3-6-14-37)41-29-31-45-46-32-30-42(53(38-15-7-4-8-16-38)40-27-23-36(2)24-28-40)34-50(46)51(49(45)33-41)47-19-11-9-17-43(47)44-18-10-12-20-48(44)51;1-29-21-25-33(26-22-29)41(31-13-5-3-6-14-31)39-35-17-9-11-19-37(35)40(38-20-12-10-18-36(38)39)42(32-15-7-4-8-16-32)34-27-23-30(2)24-28-34/h3-34H,1-2H3;3-28H,1-2H3. The highest BCUT2D eigenvalue weighted by Crippen LogP contribution is 2.64. The Bertz CT molecular complexity index is 4870. The van der Waals surface area contributed by atoms with Crippen LogP contribution in [0.1, 0.15) is 44.5 Å². The Morgan fingerprint density at radius 2 is 0.400 bits per heavy atom. The molecule has 2 aliphatic carbocycles. The van der Waals surface area contributed by atoms with Crippen LogP contribution >= 0.6 is 0 Å². The first kappa shape index (κ1) is 58.1. The minimum absolute atomic E-state index is 0.505. The monoisotopic (exact) mass is 1220 g/mol. The molecule has 15 aromatic carbocycles. The molecule has 0 aromatic heterocycles. The molecule has 4 nitrogen and oxygen atoms in total. The molecule has 0 amide bonds. The Hall–Kier alpha value is -12.0. The minimum atomic E-state index is -0.505. The van der Waals surface area contributed by atoms with E-state index in [1.165, 1.54) is 99.7 Å². The predicted octanol–water partition coefficient (Wildman–Crippen LogP) is 25.1. The van der Waals surface area contributed by atoms with Crippen molar-refractivity contribution >= 4 is 89.8 Å². The first-order chi connectivity index (χ1) is 46.8. The molecule has 0 radical (unpaired) electrons. The van der Waals surface area contributed by atoms with Gasteiger partial charge in [-0.25, -0.2) is 0 Å². The van der Waals surface area contributed by atoms with Gasteiger partial charge in [0.05, 0.1) is 16.8 Å². The van der Waals surface area contributed by atoms with E-state index >= 15 is 0 Å². The van der Waals surface area contributed by atoms with Crippen molar-refractivity contribution in [2.75, 3.05) is 19.6 Å². The van der Waals surface area contributed by atoms with E-state index in [4.69, 9.17) is 0 Å². The number of hydrogen-bond acceptors (Lipinski definition) is 4. The number of fused-ring (bicyclic) bond motifs is 12. The minimum Gasteiger partial charge on any atom is -0.310 e. The molecule has 0 aliphatic heterocycles. The number of para-hydroxylation sites is 4. The molecular formula is C91H70N4. The smallest absolute Gasteiger partial charge is 0.0727 e. The molecule has 454 valence electrons. The number of aryl methyl sites for hydroxylation is 4. The maximum Gasteiger partial charge on any atom is 0.0727 e. The van der Waals surface area contributed by atoms with Crippen molar-refractivity contribution in [3.8, 4) is 22.3 Å². The first-order valence-corrected chi connectivity index (χ1v) is 32.9. The van der Waals surface area contributed by atoms with E-state index in [9.17, 15) is 0 Å². The Balaban J connectivity index is 0.000000154. The van der Waals surface area contributed by atoms with Crippen LogP contribution in [0, 0.1) is 27.7 Å². The second kappa shape index (κ2) is 24.6. The van der Waals surface area contributed by atoms with Gasteiger partial charge >= 0.3 is 0 Å². The zero-order valence-electron chi connectivity index (χ0n) is 53.8. The van der Waals surface area contributed by atoms with Gasteiger partial charge in [0.2, 0.25) is 0 Å². The largest absolute Gasteiger partial charge is 0.310 e. The number of anilines is 12. The third-order valence-corrected chi connectivity index (χ3v) is 19.1. The molecule has 0 fully saturated rings. The van der Waals surface area contributed by atoms with Crippen LogP contribution in [0.4, 0.5) is 68.2 Å². The maximum absolute atomic E-state index is 2.47. The summed E-state index contributed by atoms with van der Waals surface area (Å²) in [6.45, 7) is 8.57. The van der Waals surface area contributed by atoms with E-state index in [1.807, 2.05) is 0 Å². The van der Waals surface area contributed by atoms with Gasteiger partial charge in [0.25, 0.3) is 0 Å². The van der Waals surface area contributed by atoms with Crippen LogP contribution < -0.4 is 19.6 Å². The SMILES string of the molecule is Cc1ccc(N(c2ccccc2)c2c3ccccc3c(N(c3ccccc3)c3ccc(C)cc3)c3ccccc23)cc1.Cc1ccc(N(c2ccccc2)c2ccc3c(c2)C2(c4ccccc4-c4ccccc42)c2cc(N(c4ccccc4)c4ccc(C)cc4)ccc2-3)cc1. The van der Waals surface area contributed by atoms with Crippen molar-refractivity contribution in [2.45, 2.75) is 33.1 Å². The Labute approximate surface area is 557 Å². The molecule has 0 atom stereocenters. The number of nitrogens with zero attached hydrogens (tertiary/aromatic N) is 4. The fourth-order valence-corrected chi connectivity index (χ4v) is 14.8. The van der Waals surface area contributed by atoms with Crippen LogP contribution in [0.2, 0.25) is 0 Å². The molecule has 0 unspecified atom stereocenters. The summed E-state index contributed by atoms with van der Waals surface area (Å²) in [6.07, 6.45) is 0. The number of hydrogen-bond donors (Lipinski definition) is 0. The molecule has 0 saturated heterocycles. The third-order valence-electron chi connectivity index (χ3n) is 19.1. The van der Waals surface area contributed by atoms with Crippen LogP contribution in [0.15, 0.2) is 352 Å². The molecule has 15 aromatic rings. The summed E-state index contributed by atoms with van der Waals surface area (Å²) in [5.74, 6) is 0. The summed E-state index contributed by atoms with van der Waals surface area (Å²) < 4.78 is 0. The van der Waals surface area contributed by atoms with Crippen molar-refractivity contribution in [3.63, 3.8) is 0 Å². The highest BCUT2D eigenvalue weighted by molar-refractivity contribution is 6.23. The predicted molar refractivity (Wildman–Crippen MR) is 402 cm³/mol. The zero-order valence-corrected chi connectivity index (χ0v) is 53.8. The van der Waals surface area contributed by atoms with E-state index in [-0.39, 0.29) is 0 Å². The normalized spacial score (nSPS) is 12.1. The zero-order chi connectivity index (χ0) is 64.0. The lowest BCUT2D eigenvalue weighted by Gasteiger charge is -2.33. The average molecular weight is 1220 g/mol. The summed E-state index contributed by atoms with van der Waals surface area (Å²) in [5.41, 5.74) is 28.6. The van der Waals surface area contributed by atoms with Crippen LogP contribution in [-0.4, -0.2) is 0 Å². The van der Waals surface area contributed by atoms with Crippen molar-refractivity contribution in [1.82, 2.24) is 0 Å². The van der Waals surface area contributed by atoms with Gasteiger partial charge in [-0.1, -0.05) is 253 Å². The fraction of sp³-hybridized carbons (Fsp3) is 0.0549. The number of benzene rings is 15. The van der Waals surface area contributed by atoms with Gasteiger partial charge < -0.3 is 19.6 Å². The van der Waals surface area contributed by atoms with Crippen LogP contribution in [0.25, 0.3) is 43.8 Å². The number of rotatable bonds is 12. The highest BCUT2D eigenvalue weighted by atomic mass is 15.2. The molecule has 17 rings (SSSR count). The molecule has 0 bridgehead atoms. The molecular weight excluding hydrogens is 1150 g/mol. The second-order valence-corrected chi connectivity index (χ2v) is 25.1.